The molecule has 0 heterocycles. The smallest absolute Gasteiger partial charge is 0.322 e. The molecule has 27 heavy (non-hydrogen) atoms. The van der Waals surface area contributed by atoms with E-state index in [1.165, 1.54) is 38.5 Å². The first kappa shape index (κ1) is 25.9. The van der Waals surface area contributed by atoms with Gasteiger partial charge in [0.25, 0.3) is 0 Å². The Bertz CT molecular complexity index is 390. The minimum absolute atomic E-state index is 0.373. The number of ether oxygens (including phenoxy) is 2. The fourth-order valence-electron chi connectivity index (χ4n) is 2.94. The van der Waals surface area contributed by atoms with E-state index in [9.17, 15) is 9.59 Å². The zero-order valence-corrected chi connectivity index (χ0v) is 18.6. The molecule has 0 saturated carbocycles. The fourth-order valence-corrected chi connectivity index (χ4v) is 2.94. The van der Waals surface area contributed by atoms with Crippen molar-refractivity contribution in [3.05, 3.63) is 0 Å². The van der Waals surface area contributed by atoms with Gasteiger partial charge in [0.1, 0.15) is 0 Å². The summed E-state index contributed by atoms with van der Waals surface area (Å²) in [6.07, 6.45) is 13.9. The third-order valence-corrected chi connectivity index (χ3v) is 5.25. The minimum Gasteiger partial charge on any atom is -0.465 e. The van der Waals surface area contributed by atoms with E-state index in [1.807, 2.05) is 0 Å². The molecule has 4 heteroatoms. The van der Waals surface area contributed by atoms with Crippen LogP contribution >= 0.6 is 0 Å². The van der Waals surface area contributed by atoms with E-state index in [1.54, 1.807) is 13.8 Å². The van der Waals surface area contributed by atoms with Crippen molar-refractivity contribution in [3.8, 4) is 0 Å². The van der Waals surface area contributed by atoms with Crippen molar-refractivity contribution >= 4 is 11.9 Å². The van der Waals surface area contributed by atoms with Gasteiger partial charge in [0.15, 0.2) is 5.41 Å². The van der Waals surface area contributed by atoms with Crippen LogP contribution in [0.2, 0.25) is 0 Å². The van der Waals surface area contributed by atoms with E-state index >= 15 is 0 Å². The van der Waals surface area contributed by atoms with Crippen LogP contribution in [0.15, 0.2) is 0 Å². The molecule has 0 amide bonds. The second kappa shape index (κ2) is 15.9. The van der Waals surface area contributed by atoms with E-state index in [2.05, 4.69) is 20.8 Å². The average molecular weight is 385 g/mol. The van der Waals surface area contributed by atoms with Crippen LogP contribution in [-0.2, 0) is 19.1 Å². The van der Waals surface area contributed by atoms with Crippen molar-refractivity contribution in [1.29, 1.82) is 0 Å². The molecule has 0 radical (unpaired) electrons. The van der Waals surface area contributed by atoms with Crippen molar-refractivity contribution in [2.45, 2.75) is 112 Å². The van der Waals surface area contributed by atoms with Gasteiger partial charge in [-0.3, -0.25) is 9.59 Å². The van der Waals surface area contributed by atoms with Crippen LogP contribution in [0.1, 0.15) is 112 Å². The molecule has 0 aromatic heterocycles. The lowest BCUT2D eigenvalue weighted by molar-refractivity contribution is -0.170. The van der Waals surface area contributed by atoms with E-state index in [-0.39, 0.29) is 0 Å². The quantitative estimate of drug-likeness (QED) is 0.164. The Morgan fingerprint density at radius 1 is 0.741 bits per heavy atom. The van der Waals surface area contributed by atoms with Gasteiger partial charge >= 0.3 is 11.9 Å². The second-order valence-corrected chi connectivity index (χ2v) is 8.25. The first-order valence-corrected chi connectivity index (χ1v) is 11.2. The molecule has 4 nitrogen and oxygen atoms in total. The summed E-state index contributed by atoms with van der Waals surface area (Å²) in [6, 6.07) is 0. The van der Waals surface area contributed by atoms with E-state index in [0.717, 1.165) is 38.5 Å². The number of rotatable bonds is 17. The highest BCUT2D eigenvalue weighted by Crippen LogP contribution is 2.22. The molecule has 0 aliphatic heterocycles. The van der Waals surface area contributed by atoms with Crippen molar-refractivity contribution in [2.75, 3.05) is 13.2 Å². The summed E-state index contributed by atoms with van der Waals surface area (Å²) in [5.74, 6) is -0.575. The highest BCUT2D eigenvalue weighted by molar-refractivity contribution is 5.99. The molecule has 0 saturated heterocycles. The maximum atomic E-state index is 12.3. The van der Waals surface area contributed by atoms with Gasteiger partial charge < -0.3 is 9.47 Å². The van der Waals surface area contributed by atoms with Gasteiger partial charge in [-0.15, -0.1) is 0 Å². The van der Waals surface area contributed by atoms with Crippen LogP contribution in [0.25, 0.3) is 0 Å². The van der Waals surface area contributed by atoms with E-state index in [4.69, 9.17) is 9.47 Å². The molecule has 0 aromatic carbocycles. The highest BCUT2D eigenvalue weighted by Gasteiger charge is 2.39. The first-order chi connectivity index (χ1) is 12.9. The molecular formula is C23H44O4. The highest BCUT2D eigenvalue weighted by atomic mass is 16.6. The maximum Gasteiger partial charge on any atom is 0.322 e. The molecule has 0 aliphatic carbocycles. The summed E-state index contributed by atoms with van der Waals surface area (Å²) in [5, 5.41) is 0. The van der Waals surface area contributed by atoms with Gasteiger partial charge in [0, 0.05) is 0 Å². The van der Waals surface area contributed by atoms with Crippen LogP contribution in [-0.4, -0.2) is 25.2 Å². The maximum absolute atomic E-state index is 12.3. The summed E-state index contributed by atoms with van der Waals surface area (Å²) < 4.78 is 10.8. The lowest BCUT2D eigenvalue weighted by atomic mass is 9.93. The summed E-state index contributed by atoms with van der Waals surface area (Å²) in [7, 11) is 0. The standard InChI is InChI=1S/C23H44O4/c1-6-9-11-12-13-14-15-16-18-26-21(24)23(4,5)22(25)27-19-20(8-3)17-10-7-2/h20H,6-19H2,1-5H3. The number of carbonyl (C=O) groups excluding carboxylic acids is 2. The largest absolute Gasteiger partial charge is 0.465 e. The Morgan fingerprint density at radius 3 is 1.81 bits per heavy atom. The summed E-state index contributed by atoms with van der Waals surface area (Å²) in [6.45, 7) is 10.5. The Kier molecular flexibility index (Phi) is 15.3. The summed E-state index contributed by atoms with van der Waals surface area (Å²) in [5.41, 5.74) is -1.23. The third-order valence-electron chi connectivity index (χ3n) is 5.25. The lowest BCUT2D eigenvalue weighted by Gasteiger charge is -2.22. The monoisotopic (exact) mass is 384 g/mol. The van der Waals surface area contributed by atoms with Gasteiger partial charge in [-0.25, -0.2) is 0 Å². The number of carbonyl (C=O) groups is 2. The Morgan fingerprint density at radius 2 is 1.26 bits per heavy atom. The number of hydrogen-bond donors (Lipinski definition) is 0. The first-order valence-electron chi connectivity index (χ1n) is 11.2. The Balaban J connectivity index is 4.00. The van der Waals surface area contributed by atoms with Gasteiger partial charge in [-0.1, -0.05) is 85.0 Å². The van der Waals surface area contributed by atoms with Crippen LogP contribution < -0.4 is 0 Å². The predicted molar refractivity (Wildman–Crippen MR) is 112 cm³/mol. The third kappa shape index (κ3) is 12.1. The second-order valence-electron chi connectivity index (χ2n) is 8.25. The molecule has 0 N–H and O–H groups in total. The molecule has 0 aromatic rings. The number of esters is 2. The molecule has 0 bridgehead atoms. The minimum atomic E-state index is -1.23. The van der Waals surface area contributed by atoms with Crippen LogP contribution in [0.5, 0.6) is 0 Å². The van der Waals surface area contributed by atoms with Crippen LogP contribution in [0.3, 0.4) is 0 Å². The molecule has 1 atom stereocenters. The number of hydrogen-bond acceptors (Lipinski definition) is 4. The molecular weight excluding hydrogens is 340 g/mol. The summed E-state index contributed by atoms with van der Waals surface area (Å²) in [4.78, 5) is 24.6. The molecule has 0 fully saturated rings. The van der Waals surface area contributed by atoms with Gasteiger partial charge in [0.05, 0.1) is 13.2 Å². The summed E-state index contributed by atoms with van der Waals surface area (Å²) >= 11 is 0. The molecule has 0 rings (SSSR count). The molecule has 0 aliphatic rings. The van der Waals surface area contributed by atoms with Crippen LogP contribution in [0, 0.1) is 11.3 Å². The van der Waals surface area contributed by atoms with Crippen molar-refractivity contribution < 1.29 is 19.1 Å². The van der Waals surface area contributed by atoms with E-state index in [0.29, 0.717) is 19.1 Å². The fraction of sp³-hybridized carbons (Fsp3) is 0.913. The molecule has 1 unspecified atom stereocenters. The van der Waals surface area contributed by atoms with E-state index < -0.39 is 17.4 Å². The van der Waals surface area contributed by atoms with Gasteiger partial charge in [-0.05, 0) is 32.6 Å². The average Bonchev–Trinajstić information content (AvgIpc) is 2.66. The zero-order chi connectivity index (χ0) is 20.5. The topological polar surface area (TPSA) is 52.6 Å². The predicted octanol–water partition coefficient (Wildman–Crippen LogP) is 6.46. The van der Waals surface area contributed by atoms with Crippen LogP contribution in [0.4, 0.5) is 0 Å². The van der Waals surface area contributed by atoms with Crippen molar-refractivity contribution in [1.82, 2.24) is 0 Å². The molecule has 0 spiro atoms. The Hall–Kier alpha value is -1.06. The van der Waals surface area contributed by atoms with Crippen molar-refractivity contribution in [2.24, 2.45) is 11.3 Å². The van der Waals surface area contributed by atoms with Gasteiger partial charge in [-0.2, -0.15) is 0 Å². The van der Waals surface area contributed by atoms with Crippen molar-refractivity contribution in [3.63, 3.8) is 0 Å². The number of unbranched alkanes of at least 4 members (excludes halogenated alkanes) is 8. The van der Waals surface area contributed by atoms with Gasteiger partial charge in [0.2, 0.25) is 0 Å². The SMILES string of the molecule is CCCCCCCCCCOC(=O)C(C)(C)C(=O)OCC(CC)CCCC. The molecule has 160 valence electrons. The zero-order valence-electron chi connectivity index (χ0n) is 18.6. The Labute approximate surface area is 167 Å². The lowest BCUT2D eigenvalue weighted by Crippen LogP contribution is -2.37. The normalized spacial score (nSPS) is 12.6.